The van der Waals surface area contributed by atoms with Gasteiger partial charge in [0.15, 0.2) is 5.96 Å². The molecule has 22 heavy (non-hydrogen) atoms. The average molecular weight is 321 g/mol. The summed E-state index contributed by atoms with van der Waals surface area (Å²) in [4.78, 5) is 6.96. The summed E-state index contributed by atoms with van der Waals surface area (Å²) >= 11 is 2.20. The molecular weight excluding hydrogens is 294 g/mol. The normalized spacial score (nSPS) is 22.0. The van der Waals surface area contributed by atoms with E-state index < -0.39 is 0 Å². The predicted molar refractivity (Wildman–Crippen MR) is 93.4 cm³/mol. The van der Waals surface area contributed by atoms with Crippen molar-refractivity contribution in [2.24, 2.45) is 4.99 Å². The Morgan fingerprint density at radius 3 is 2.95 bits per heavy atom. The lowest BCUT2D eigenvalue weighted by Gasteiger charge is -2.45. The summed E-state index contributed by atoms with van der Waals surface area (Å²) in [6, 6.07) is 1.96. The quantitative estimate of drug-likeness (QED) is 0.685. The molecule has 0 amide bonds. The molecule has 6 heteroatoms. The van der Waals surface area contributed by atoms with E-state index in [1.54, 1.807) is 0 Å². The number of nitrogens with zero attached hydrogens (tertiary/aromatic N) is 4. The van der Waals surface area contributed by atoms with Crippen molar-refractivity contribution in [1.29, 1.82) is 0 Å². The van der Waals surface area contributed by atoms with Gasteiger partial charge in [-0.05, 0) is 18.9 Å². The third kappa shape index (κ3) is 3.77. The Hall–Kier alpha value is -1.17. The van der Waals surface area contributed by atoms with Gasteiger partial charge in [-0.1, -0.05) is 19.3 Å². The van der Waals surface area contributed by atoms with E-state index in [0.717, 1.165) is 32.1 Å². The van der Waals surface area contributed by atoms with Crippen LogP contribution in [0.15, 0.2) is 23.5 Å². The minimum absolute atomic E-state index is 0.482. The summed E-state index contributed by atoms with van der Waals surface area (Å²) in [5, 5.41) is 7.74. The first kappa shape index (κ1) is 15.7. The Labute approximate surface area is 137 Å². The number of aromatic nitrogens is 2. The van der Waals surface area contributed by atoms with Gasteiger partial charge in [-0.25, -0.2) is 0 Å². The molecule has 2 fully saturated rings. The van der Waals surface area contributed by atoms with Crippen LogP contribution < -0.4 is 5.32 Å². The van der Waals surface area contributed by atoms with Crippen LogP contribution in [0.3, 0.4) is 0 Å². The van der Waals surface area contributed by atoms with Crippen LogP contribution in [0, 0.1) is 0 Å². The first-order valence-corrected chi connectivity index (χ1v) is 9.37. The zero-order valence-corrected chi connectivity index (χ0v) is 14.3. The standard InChI is InChI=1S/C16H27N5S/c1-17-15(18-9-11-21-10-5-8-19-21)20-12-13-22-16(14-20)6-3-2-4-7-16/h5,8,10H,2-4,6-7,9,11-14H2,1H3,(H,17,18). The Bertz CT molecular complexity index is 473. The number of aliphatic imine (C=N–C) groups is 1. The topological polar surface area (TPSA) is 45.5 Å². The highest BCUT2D eigenvalue weighted by molar-refractivity contribution is 8.00. The smallest absolute Gasteiger partial charge is 0.193 e. The van der Waals surface area contributed by atoms with E-state index in [2.05, 4.69) is 32.1 Å². The van der Waals surface area contributed by atoms with E-state index in [4.69, 9.17) is 0 Å². The van der Waals surface area contributed by atoms with Crippen molar-refractivity contribution < 1.29 is 0 Å². The first-order chi connectivity index (χ1) is 10.8. The number of nitrogens with one attached hydrogen (secondary N) is 1. The van der Waals surface area contributed by atoms with E-state index in [9.17, 15) is 0 Å². The van der Waals surface area contributed by atoms with Crippen LogP contribution in [0.2, 0.25) is 0 Å². The number of thioether (sulfide) groups is 1. The van der Waals surface area contributed by atoms with Gasteiger partial charge in [-0.15, -0.1) is 0 Å². The van der Waals surface area contributed by atoms with Gasteiger partial charge in [0.1, 0.15) is 0 Å². The lowest BCUT2D eigenvalue weighted by Crippen LogP contribution is -2.53. The van der Waals surface area contributed by atoms with Crippen LogP contribution in [0.1, 0.15) is 32.1 Å². The lowest BCUT2D eigenvalue weighted by atomic mass is 9.87. The third-order valence-electron chi connectivity index (χ3n) is 4.71. The molecule has 1 saturated carbocycles. The molecule has 0 unspecified atom stereocenters. The summed E-state index contributed by atoms with van der Waals surface area (Å²) in [6.45, 7) is 4.00. The molecule has 0 atom stereocenters. The highest BCUT2D eigenvalue weighted by atomic mass is 32.2. The van der Waals surface area contributed by atoms with Gasteiger partial charge in [0.2, 0.25) is 0 Å². The van der Waals surface area contributed by atoms with E-state index in [-0.39, 0.29) is 0 Å². The van der Waals surface area contributed by atoms with E-state index in [1.165, 1.54) is 37.9 Å². The summed E-state index contributed by atoms with van der Waals surface area (Å²) < 4.78 is 2.44. The largest absolute Gasteiger partial charge is 0.354 e. The molecule has 0 aromatic carbocycles. The minimum Gasteiger partial charge on any atom is -0.354 e. The van der Waals surface area contributed by atoms with E-state index in [1.807, 2.05) is 30.2 Å². The van der Waals surface area contributed by atoms with Gasteiger partial charge in [0.05, 0.1) is 6.54 Å². The zero-order valence-electron chi connectivity index (χ0n) is 13.5. The highest BCUT2D eigenvalue weighted by Crippen LogP contribution is 2.42. The fraction of sp³-hybridized carbons (Fsp3) is 0.750. The molecular formula is C16H27N5S. The van der Waals surface area contributed by atoms with Gasteiger partial charge in [0, 0.05) is 49.6 Å². The zero-order chi connectivity index (χ0) is 15.3. The molecule has 2 aliphatic rings. The van der Waals surface area contributed by atoms with Crippen molar-refractivity contribution in [3.8, 4) is 0 Å². The summed E-state index contributed by atoms with van der Waals surface area (Å²) in [5.74, 6) is 2.28. The van der Waals surface area contributed by atoms with Crippen molar-refractivity contribution in [3.63, 3.8) is 0 Å². The molecule has 1 aliphatic heterocycles. The van der Waals surface area contributed by atoms with Gasteiger partial charge < -0.3 is 10.2 Å². The van der Waals surface area contributed by atoms with Crippen molar-refractivity contribution in [2.75, 3.05) is 32.4 Å². The number of rotatable bonds is 3. The van der Waals surface area contributed by atoms with E-state index in [0.29, 0.717) is 4.75 Å². The Morgan fingerprint density at radius 2 is 2.23 bits per heavy atom. The van der Waals surface area contributed by atoms with Crippen molar-refractivity contribution in [1.82, 2.24) is 20.0 Å². The molecule has 1 spiro atoms. The maximum absolute atomic E-state index is 4.50. The van der Waals surface area contributed by atoms with Gasteiger partial charge in [0.25, 0.3) is 0 Å². The van der Waals surface area contributed by atoms with Crippen LogP contribution in [0.4, 0.5) is 0 Å². The highest BCUT2D eigenvalue weighted by Gasteiger charge is 2.38. The molecule has 5 nitrogen and oxygen atoms in total. The number of hydrogen-bond donors (Lipinski definition) is 1. The van der Waals surface area contributed by atoms with Gasteiger partial charge in [-0.3, -0.25) is 9.67 Å². The van der Waals surface area contributed by atoms with Crippen molar-refractivity contribution >= 4 is 17.7 Å². The van der Waals surface area contributed by atoms with Crippen LogP contribution in [-0.2, 0) is 6.54 Å². The maximum Gasteiger partial charge on any atom is 0.193 e. The second-order valence-electron chi connectivity index (χ2n) is 6.26. The summed E-state index contributed by atoms with van der Waals surface area (Å²) in [7, 11) is 1.89. The second-order valence-corrected chi connectivity index (χ2v) is 7.82. The molecule has 122 valence electrons. The predicted octanol–water partition coefficient (Wildman–Crippen LogP) is 2.21. The maximum atomic E-state index is 4.50. The molecule has 3 rings (SSSR count). The van der Waals surface area contributed by atoms with Crippen molar-refractivity contribution in [2.45, 2.75) is 43.4 Å². The Kier molecular flexibility index (Phi) is 5.28. The molecule has 1 aromatic rings. The Morgan fingerprint density at radius 1 is 1.36 bits per heavy atom. The molecule has 1 saturated heterocycles. The second kappa shape index (κ2) is 7.40. The third-order valence-corrected chi connectivity index (χ3v) is 6.24. The molecule has 0 radical (unpaired) electrons. The monoisotopic (exact) mass is 321 g/mol. The fourth-order valence-electron chi connectivity index (χ4n) is 3.57. The van der Waals surface area contributed by atoms with E-state index >= 15 is 0 Å². The summed E-state index contributed by atoms with van der Waals surface area (Å²) in [5.41, 5.74) is 0. The van der Waals surface area contributed by atoms with Gasteiger partial charge >= 0.3 is 0 Å². The average Bonchev–Trinajstić information content (AvgIpc) is 3.06. The van der Waals surface area contributed by atoms with Gasteiger partial charge in [-0.2, -0.15) is 16.9 Å². The van der Waals surface area contributed by atoms with Crippen molar-refractivity contribution in [3.05, 3.63) is 18.5 Å². The Balaban J connectivity index is 1.53. The molecule has 2 heterocycles. The molecule has 0 bridgehead atoms. The number of guanidine groups is 1. The minimum atomic E-state index is 0.482. The fourth-order valence-corrected chi connectivity index (χ4v) is 5.14. The first-order valence-electron chi connectivity index (χ1n) is 8.38. The lowest BCUT2D eigenvalue weighted by molar-refractivity contribution is 0.293. The van der Waals surface area contributed by atoms with Crippen LogP contribution in [-0.4, -0.2) is 57.8 Å². The molecule has 1 aromatic heterocycles. The van der Waals surface area contributed by atoms with Crippen LogP contribution in [0.5, 0.6) is 0 Å². The number of hydrogen-bond acceptors (Lipinski definition) is 3. The molecule has 1 N–H and O–H groups in total. The van der Waals surface area contributed by atoms with Crippen LogP contribution >= 0.6 is 11.8 Å². The van der Waals surface area contributed by atoms with Crippen LogP contribution in [0.25, 0.3) is 0 Å². The summed E-state index contributed by atoms with van der Waals surface area (Å²) in [6.07, 6.45) is 10.8. The molecule has 1 aliphatic carbocycles. The SMILES string of the molecule is CN=C(NCCn1cccn1)N1CCSC2(CCCCC2)C1.